The second kappa shape index (κ2) is 7.70. The fourth-order valence-electron chi connectivity index (χ4n) is 2.06. The number of carbonyl (C=O) groups is 1. The SMILES string of the molecule is CNCC(=O)N1CCOC(c2ccccc2Cl)C1.Cl. The van der Waals surface area contributed by atoms with Gasteiger partial charge in [0.15, 0.2) is 0 Å². The van der Waals surface area contributed by atoms with Crippen LogP contribution in [0.15, 0.2) is 24.3 Å². The number of ether oxygens (including phenoxy) is 1. The third-order valence-corrected chi connectivity index (χ3v) is 3.34. The fraction of sp³-hybridized carbons (Fsp3) is 0.462. The Hall–Kier alpha value is -0.810. The predicted molar refractivity (Wildman–Crippen MR) is 77.9 cm³/mol. The smallest absolute Gasteiger partial charge is 0.236 e. The summed E-state index contributed by atoms with van der Waals surface area (Å²) in [4.78, 5) is 13.6. The van der Waals surface area contributed by atoms with Gasteiger partial charge < -0.3 is 15.0 Å². The molecular weight excluding hydrogens is 287 g/mol. The number of halogens is 2. The number of likely N-dealkylation sites (N-methyl/N-ethyl adjacent to an activating group) is 1. The van der Waals surface area contributed by atoms with Gasteiger partial charge in [0, 0.05) is 17.1 Å². The van der Waals surface area contributed by atoms with E-state index < -0.39 is 0 Å². The number of rotatable bonds is 3. The molecule has 0 saturated carbocycles. The van der Waals surface area contributed by atoms with Crippen LogP contribution in [0, 0.1) is 0 Å². The van der Waals surface area contributed by atoms with Gasteiger partial charge in [0.1, 0.15) is 6.10 Å². The van der Waals surface area contributed by atoms with Crippen LogP contribution in [0.5, 0.6) is 0 Å². The first-order chi connectivity index (χ1) is 8.72. The van der Waals surface area contributed by atoms with Gasteiger partial charge in [-0.1, -0.05) is 29.8 Å². The molecule has 1 aromatic rings. The minimum atomic E-state index is -0.131. The predicted octanol–water partition coefficient (Wildman–Crippen LogP) is 1.88. The van der Waals surface area contributed by atoms with Crippen LogP contribution in [0.1, 0.15) is 11.7 Å². The van der Waals surface area contributed by atoms with Crippen LogP contribution in [0.4, 0.5) is 0 Å². The highest BCUT2D eigenvalue weighted by molar-refractivity contribution is 6.31. The standard InChI is InChI=1S/C13H17ClN2O2.ClH/c1-15-8-13(17)16-6-7-18-12(9-16)10-4-2-3-5-11(10)14;/h2-5,12,15H,6-9H2,1H3;1H. The summed E-state index contributed by atoms with van der Waals surface area (Å²) in [6, 6.07) is 7.60. The molecule has 1 saturated heterocycles. The number of amides is 1. The second-order valence-corrected chi connectivity index (χ2v) is 4.66. The maximum Gasteiger partial charge on any atom is 0.236 e. The van der Waals surface area contributed by atoms with Gasteiger partial charge in [-0.05, 0) is 13.1 Å². The van der Waals surface area contributed by atoms with Crippen molar-refractivity contribution in [3.63, 3.8) is 0 Å². The van der Waals surface area contributed by atoms with Crippen LogP contribution >= 0.6 is 24.0 Å². The largest absolute Gasteiger partial charge is 0.370 e. The Morgan fingerprint density at radius 2 is 2.26 bits per heavy atom. The van der Waals surface area contributed by atoms with E-state index in [1.54, 1.807) is 7.05 Å². The molecule has 4 nitrogen and oxygen atoms in total. The summed E-state index contributed by atoms with van der Waals surface area (Å²) in [7, 11) is 1.77. The van der Waals surface area contributed by atoms with Crippen molar-refractivity contribution in [3.8, 4) is 0 Å². The van der Waals surface area contributed by atoms with Crippen molar-refractivity contribution in [1.29, 1.82) is 0 Å². The van der Waals surface area contributed by atoms with Crippen LogP contribution in [0.3, 0.4) is 0 Å². The molecule has 0 aromatic heterocycles. The van der Waals surface area contributed by atoms with Gasteiger partial charge in [-0.15, -0.1) is 12.4 Å². The first kappa shape index (κ1) is 16.2. The number of hydrogen-bond donors (Lipinski definition) is 1. The van der Waals surface area contributed by atoms with E-state index in [0.717, 1.165) is 5.56 Å². The van der Waals surface area contributed by atoms with Crippen molar-refractivity contribution in [3.05, 3.63) is 34.9 Å². The number of morpholine rings is 1. The van der Waals surface area contributed by atoms with Crippen LogP contribution in [0.2, 0.25) is 5.02 Å². The van der Waals surface area contributed by atoms with Crippen LogP contribution in [0.25, 0.3) is 0 Å². The summed E-state index contributed by atoms with van der Waals surface area (Å²) in [5.74, 6) is 0.0952. The zero-order valence-electron chi connectivity index (χ0n) is 10.8. The van der Waals surface area contributed by atoms with E-state index in [0.29, 0.717) is 31.3 Å². The summed E-state index contributed by atoms with van der Waals surface area (Å²) in [5, 5.41) is 3.56. The lowest BCUT2D eigenvalue weighted by Crippen LogP contribution is -2.45. The van der Waals surface area contributed by atoms with Crippen molar-refractivity contribution >= 4 is 29.9 Å². The van der Waals surface area contributed by atoms with Gasteiger partial charge in [-0.3, -0.25) is 4.79 Å². The normalized spacial score (nSPS) is 18.8. The Balaban J connectivity index is 0.00000180. The minimum Gasteiger partial charge on any atom is -0.370 e. The molecule has 19 heavy (non-hydrogen) atoms. The molecule has 1 N–H and O–H groups in total. The minimum absolute atomic E-state index is 0. The van der Waals surface area contributed by atoms with Crippen molar-refractivity contribution in [2.75, 3.05) is 33.3 Å². The molecule has 1 aliphatic rings. The van der Waals surface area contributed by atoms with E-state index in [1.165, 1.54) is 0 Å². The van der Waals surface area contributed by atoms with E-state index >= 15 is 0 Å². The molecule has 1 amide bonds. The van der Waals surface area contributed by atoms with E-state index in [2.05, 4.69) is 5.32 Å². The van der Waals surface area contributed by atoms with Crippen molar-refractivity contribution in [2.45, 2.75) is 6.10 Å². The Morgan fingerprint density at radius 1 is 1.53 bits per heavy atom. The summed E-state index contributed by atoms with van der Waals surface area (Å²) < 4.78 is 5.70. The van der Waals surface area contributed by atoms with E-state index in [1.807, 2.05) is 29.2 Å². The molecule has 1 aromatic carbocycles. The molecule has 2 rings (SSSR count). The zero-order chi connectivity index (χ0) is 13.0. The summed E-state index contributed by atoms with van der Waals surface area (Å²) >= 11 is 6.15. The van der Waals surface area contributed by atoms with E-state index in [-0.39, 0.29) is 24.4 Å². The third kappa shape index (κ3) is 4.08. The van der Waals surface area contributed by atoms with Gasteiger partial charge >= 0.3 is 0 Å². The molecule has 1 aliphatic heterocycles. The molecular formula is C13H18Cl2N2O2. The van der Waals surface area contributed by atoms with Crippen LogP contribution in [-0.2, 0) is 9.53 Å². The molecule has 6 heteroatoms. The maximum absolute atomic E-state index is 11.8. The van der Waals surface area contributed by atoms with E-state index in [4.69, 9.17) is 16.3 Å². The Kier molecular flexibility index (Phi) is 6.58. The van der Waals surface area contributed by atoms with Crippen LogP contribution in [-0.4, -0.2) is 44.1 Å². The number of nitrogens with zero attached hydrogens (tertiary/aromatic N) is 1. The van der Waals surface area contributed by atoms with Gasteiger partial charge in [0.05, 0.1) is 19.7 Å². The second-order valence-electron chi connectivity index (χ2n) is 4.25. The molecule has 1 fully saturated rings. The highest BCUT2D eigenvalue weighted by Crippen LogP contribution is 2.28. The van der Waals surface area contributed by atoms with Gasteiger partial charge in [0.25, 0.3) is 0 Å². The average molecular weight is 305 g/mol. The Morgan fingerprint density at radius 3 is 2.95 bits per heavy atom. The average Bonchev–Trinajstić information content (AvgIpc) is 2.40. The zero-order valence-corrected chi connectivity index (χ0v) is 12.3. The number of hydrogen-bond acceptors (Lipinski definition) is 3. The van der Waals surface area contributed by atoms with Gasteiger partial charge in [0.2, 0.25) is 5.91 Å². The van der Waals surface area contributed by atoms with E-state index in [9.17, 15) is 4.79 Å². The lowest BCUT2D eigenvalue weighted by atomic mass is 10.1. The quantitative estimate of drug-likeness (QED) is 0.927. The van der Waals surface area contributed by atoms with Gasteiger partial charge in [-0.2, -0.15) is 0 Å². The fourth-order valence-corrected chi connectivity index (χ4v) is 2.32. The first-order valence-electron chi connectivity index (χ1n) is 6.00. The molecule has 0 radical (unpaired) electrons. The number of benzene rings is 1. The molecule has 1 unspecified atom stereocenters. The molecule has 1 heterocycles. The molecule has 1 atom stereocenters. The maximum atomic E-state index is 11.8. The first-order valence-corrected chi connectivity index (χ1v) is 6.38. The number of nitrogens with one attached hydrogen (secondary N) is 1. The Labute approximate surface area is 124 Å². The lowest BCUT2D eigenvalue weighted by molar-refractivity contribution is -0.137. The highest BCUT2D eigenvalue weighted by atomic mass is 35.5. The molecule has 106 valence electrons. The van der Waals surface area contributed by atoms with Gasteiger partial charge in [-0.25, -0.2) is 0 Å². The summed E-state index contributed by atoms with van der Waals surface area (Å²) in [6.07, 6.45) is -0.131. The molecule has 0 bridgehead atoms. The molecule has 0 spiro atoms. The van der Waals surface area contributed by atoms with Crippen LogP contribution < -0.4 is 5.32 Å². The van der Waals surface area contributed by atoms with Crippen molar-refractivity contribution in [2.24, 2.45) is 0 Å². The summed E-state index contributed by atoms with van der Waals surface area (Å²) in [5.41, 5.74) is 0.945. The van der Waals surface area contributed by atoms with Crippen molar-refractivity contribution in [1.82, 2.24) is 10.2 Å². The summed E-state index contributed by atoms with van der Waals surface area (Å²) in [6.45, 7) is 2.10. The Bertz CT molecular complexity index is 429. The monoisotopic (exact) mass is 304 g/mol. The third-order valence-electron chi connectivity index (χ3n) is 3.00. The number of carbonyl (C=O) groups excluding carboxylic acids is 1. The van der Waals surface area contributed by atoms with Crippen molar-refractivity contribution < 1.29 is 9.53 Å². The molecule has 0 aliphatic carbocycles. The topological polar surface area (TPSA) is 41.6 Å². The highest BCUT2D eigenvalue weighted by Gasteiger charge is 2.25. The lowest BCUT2D eigenvalue weighted by Gasteiger charge is -2.33.